The molecule has 2 rings (SSSR count). The van der Waals surface area contributed by atoms with E-state index in [-0.39, 0.29) is 5.91 Å². The number of rotatable bonds is 6. The number of nitrogens with one attached hydrogen (secondary N) is 1. The lowest BCUT2D eigenvalue weighted by Gasteiger charge is -2.08. The normalized spacial score (nSPS) is 10.7. The zero-order valence-electron chi connectivity index (χ0n) is 12.5. The predicted octanol–water partition coefficient (Wildman–Crippen LogP) is 1.71. The van der Waals surface area contributed by atoms with E-state index in [2.05, 4.69) is 15.3 Å². The Morgan fingerprint density at radius 3 is 2.67 bits per heavy atom. The Morgan fingerprint density at radius 1 is 1.33 bits per heavy atom. The highest BCUT2D eigenvalue weighted by Crippen LogP contribution is 2.13. The van der Waals surface area contributed by atoms with Crippen LogP contribution in [0.5, 0.6) is 5.75 Å². The second-order valence-corrected chi connectivity index (χ2v) is 4.98. The van der Waals surface area contributed by atoms with Gasteiger partial charge in [0.15, 0.2) is 0 Å². The van der Waals surface area contributed by atoms with Crippen molar-refractivity contribution in [2.24, 2.45) is 0 Å². The summed E-state index contributed by atoms with van der Waals surface area (Å²) in [6.07, 6.45) is 3.47. The molecule has 1 amide bonds. The van der Waals surface area contributed by atoms with Crippen molar-refractivity contribution >= 4 is 11.6 Å². The fourth-order valence-corrected chi connectivity index (χ4v) is 1.80. The van der Waals surface area contributed by atoms with Crippen LogP contribution in [0.15, 0.2) is 36.7 Å². The van der Waals surface area contributed by atoms with Crippen molar-refractivity contribution in [1.29, 1.82) is 0 Å². The SMILES string of the molecule is COc1ccc(C(=O)Nc2cnn(CCN(C)C)c2)cc1. The van der Waals surface area contributed by atoms with Gasteiger partial charge in [0.05, 0.1) is 25.5 Å². The van der Waals surface area contributed by atoms with Gasteiger partial charge in [-0.2, -0.15) is 5.10 Å². The average Bonchev–Trinajstić information content (AvgIpc) is 2.92. The van der Waals surface area contributed by atoms with E-state index in [1.165, 1.54) is 0 Å². The number of nitrogens with zero attached hydrogens (tertiary/aromatic N) is 3. The first-order valence-electron chi connectivity index (χ1n) is 6.71. The third-order valence-corrected chi connectivity index (χ3v) is 3.02. The lowest BCUT2D eigenvalue weighted by atomic mass is 10.2. The molecule has 1 aromatic carbocycles. The van der Waals surface area contributed by atoms with Gasteiger partial charge in [0.1, 0.15) is 5.75 Å². The van der Waals surface area contributed by atoms with Gasteiger partial charge in [-0.1, -0.05) is 0 Å². The maximum atomic E-state index is 12.1. The Labute approximate surface area is 124 Å². The number of methoxy groups -OCH3 is 1. The van der Waals surface area contributed by atoms with Crippen molar-refractivity contribution in [3.63, 3.8) is 0 Å². The molecule has 0 saturated carbocycles. The lowest BCUT2D eigenvalue weighted by Crippen LogP contribution is -2.18. The molecule has 0 bridgehead atoms. The summed E-state index contributed by atoms with van der Waals surface area (Å²) in [5.41, 5.74) is 1.27. The highest BCUT2D eigenvalue weighted by molar-refractivity contribution is 6.04. The Balaban J connectivity index is 1.95. The Morgan fingerprint density at radius 2 is 2.05 bits per heavy atom. The number of likely N-dealkylation sites (N-methyl/N-ethyl adjacent to an activating group) is 1. The number of aromatic nitrogens is 2. The highest BCUT2D eigenvalue weighted by Gasteiger charge is 2.07. The quantitative estimate of drug-likeness (QED) is 0.879. The summed E-state index contributed by atoms with van der Waals surface area (Å²) in [4.78, 5) is 14.2. The van der Waals surface area contributed by atoms with Crippen LogP contribution in [0.3, 0.4) is 0 Å². The molecule has 112 valence electrons. The first-order valence-corrected chi connectivity index (χ1v) is 6.71. The van der Waals surface area contributed by atoms with Gasteiger partial charge < -0.3 is 15.0 Å². The molecular formula is C15H20N4O2. The van der Waals surface area contributed by atoms with Gasteiger partial charge in [0.2, 0.25) is 0 Å². The largest absolute Gasteiger partial charge is 0.497 e. The van der Waals surface area contributed by atoms with Gasteiger partial charge in [0, 0.05) is 18.3 Å². The van der Waals surface area contributed by atoms with Crippen LogP contribution in [0, 0.1) is 0 Å². The number of hydrogen-bond donors (Lipinski definition) is 1. The smallest absolute Gasteiger partial charge is 0.255 e. The molecule has 1 aromatic heterocycles. The number of carbonyl (C=O) groups excluding carboxylic acids is 1. The number of amides is 1. The Kier molecular flexibility index (Phi) is 4.94. The zero-order chi connectivity index (χ0) is 15.2. The van der Waals surface area contributed by atoms with Crippen molar-refractivity contribution in [2.45, 2.75) is 6.54 Å². The number of benzene rings is 1. The standard InChI is InChI=1S/C15H20N4O2/c1-18(2)8-9-19-11-13(10-16-19)17-15(20)12-4-6-14(21-3)7-5-12/h4-7,10-11H,8-9H2,1-3H3,(H,17,20). The molecule has 0 fully saturated rings. The summed E-state index contributed by atoms with van der Waals surface area (Å²) in [6.45, 7) is 1.68. The monoisotopic (exact) mass is 288 g/mol. The highest BCUT2D eigenvalue weighted by atomic mass is 16.5. The van der Waals surface area contributed by atoms with Gasteiger partial charge in [0.25, 0.3) is 5.91 Å². The fraction of sp³-hybridized carbons (Fsp3) is 0.333. The molecule has 0 radical (unpaired) electrons. The van der Waals surface area contributed by atoms with E-state index in [9.17, 15) is 4.79 Å². The lowest BCUT2D eigenvalue weighted by molar-refractivity contribution is 0.102. The van der Waals surface area contributed by atoms with E-state index in [1.807, 2.05) is 25.0 Å². The first kappa shape index (κ1) is 15.1. The van der Waals surface area contributed by atoms with Crippen molar-refractivity contribution in [3.8, 4) is 5.75 Å². The summed E-state index contributed by atoms with van der Waals surface area (Å²) in [5.74, 6) is 0.563. The van der Waals surface area contributed by atoms with Gasteiger partial charge >= 0.3 is 0 Å². The molecule has 21 heavy (non-hydrogen) atoms. The second kappa shape index (κ2) is 6.90. The molecule has 0 aliphatic carbocycles. The number of ether oxygens (including phenoxy) is 1. The molecule has 2 aromatic rings. The summed E-state index contributed by atoms with van der Waals surface area (Å²) in [6, 6.07) is 6.97. The summed E-state index contributed by atoms with van der Waals surface area (Å²) in [5, 5.41) is 7.04. The molecule has 1 N–H and O–H groups in total. The minimum Gasteiger partial charge on any atom is -0.497 e. The molecule has 0 aliphatic rings. The van der Waals surface area contributed by atoms with Crippen LogP contribution in [-0.2, 0) is 6.54 Å². The van der Waals surface area contributed by atoms with Crippen LogP contribution in [0.2, 0.25) is 0 Å². The summed E-state index contributed by atoms with van der Waals surface area (Å²) < 4.78 is 6.88. The van der Waals surface area contributed by atoms with Gasteiger partial charge in [-0.05, 0) is 38.4 Å². The minimum atomic E-state index is -0.162. The van der Waals surface area contributed by atoms with Gasteiger partial charge in [-0.3, -0.25) is 9.48 Å². The second-order valence-electron chi connectivity index (χ2n) is 4.98. The van der Waals surface area contributed by atoms with Gasteiger partial charge in [-0.15, -0.1) is 0 Å². The van der Waals surface area contributed by atoms with E-state index in [0.717, 1.165) is 18.8 Å². The number of carbonyl (C=O) groups is 1. The van der Waals surface area contributed by atoms with Crippen LogP contribution in [-0.4, -0.2) is 48.3 Å². The maximum Gasteiger partial charge on any atom is 0.255 e. The number of hydrogen-bond acceptors (Lipinski definition) is 4. The van der Waals surface area contributed by atoms with Gasteiger partial charge in [-0.25, -0.2) is 0 Å². The molecule has 0 unspecified atom stereocenters. The first-order chi connectivity index (χ1) is 10.1. The fourth-order valence-electron chi connectivity index (χ4n) is 1.80. The zero-order valence-corrected chi connectivity index (χ0v) is 12.5. The van der Waals surface area contributed by atoms with E-state index >= 15 is 0 Å². The van der Waals surface area contributed by atoms with E-state index in [0.29, 0.717) is 11.3 Å². The van der Waals surface area contributed by atoms with Crippen LogP contribution in [0.1, 0.15) is 10.4 Å². The van der Waals surface area contributed by atoms with Crippen molar-refractivity contribution in [1.82, 2.24) is 14.7 Å². The maximum absolute atomic E-state index is 12.1. The van der Waals surface area contributed by atoms with E-state index < -0.39 is 0 Å². The minimum absolute atomic E-state index is 0.162. The molecule has 0 aliphatic heterocycles. The van der Waals surface area contributed by atoms with Crippen LogP contribution >= 0.6 is 0 Å². The van der Waals surface area contributed by atoms with Crippen molar-refractivity contribution in [2.75, 3.05) is 33.1 Å². The summed E-state index contributed by atoms with van der Waals surface area (Å²) in [7, 11) is 5.61. The molecule has 0 atom stereocenters. The summed E-state index contributed by atoms with van der Waals surface area (Å²) >= 11 is 0. The van der Waals surface area contributed by atoms with Crippen molar-refractivity contribution < 1.29 is 9.53 Å². The third kappa shape index (κ3) is 4.32. The third-order valence-electron chi connectivity index (χ3n) is 3.02. The predicted molar refractivity (Wildman–Crippen MR) is 81.7 cm³/mol. The Hall–Kier alpha value is -2.34. The van der Waals surface area contributed by atoms with Crippen molar-refractivity contribution in [3.05, 3.63) is 42.2 Å². The molecule has 6 heteroatoms. The van der Waals surface area contributed by atoms with E-state index in [4.69, 9.17) is 4.74 Å². The van der Waals surface area contributed by atoms with Crippen LogP contribution in [0.4, 0.5) is 5.69 Å². The molecular weight excluding hydrogens is 268 g/mol. The molecule has 0 spiro atoms. The molecule has 6 nitrogen and oxygen atoms in total. The van der Waals surface area contributed by atoms with E-state index in [1.54, 1.807) is 37.6 Å². The average molecular weight is 288 g/mol. The van der Waals surface area contributed by atoms with Crippen LogP contribution < -0.4 is 10.1 Å². The topological polar surface area (TPSA) is 59.4 Å². The Bertz CT molecular complexity index is 590. The van der Waals surface area contributed by atoms with Crippen LogP contribution in [0.25, 0.3) is 0 Å². The molecule has 0 saturated heterocycles. The molecule has 1 heterocycles. The number of anilines is 1.